The first-order valence-electron chi connectivity index (χ1n) is 4.16. The Labute approximate surface area is 73.2 Å². The molecule has 66 valence electrons. The molecule has 1 aromatic carbocycles. The van der Waals surface area contributed by atoms with E-state index in [1.807, 2.05) is 6.07 Å². The van der Waals surface area contributed by atoms with Crippen molar-refractivity contribution in [2.75, 3.05) is 18.5 Å². The van der Waals surface area contributed by atoms with Gasteiger partial charge < -0.3 is 10.4 Å². The van der Waals surface area contributed by atoms with Crippen LogP contribution in [0.3, 0.4) is 0 Å². The van der Waals surface area contributed by atoms with Crippen LogP contribution in [0.25, 0.3) is 0 Å². The van der Waals surface area contributed by atoms with Crippen LogP contribution in [0, 0.1) is 13.8 Å². The molecule has 0 saturated carbocycles. The maximum absolute atomic E-state index is 8.65. The Bertz CT molecular complexity index is 238. The van der Waals surface area contributed by atoms with E-state index in [1.165, 1.54) is 11.1 Å². The molecule has 2 nitrogen and oxygen atoms in total. The first-order chi connectivity index (χ1) is 5.75. The molecular weight excluding hydrogens is 150 g/mol. The molecule has 0 aromatic heterocycles. The lowest BCUT2D eigenvalue weighted by molar-refractivity contribution is 0.311. The van der Waals surface area contributed by atoms with Gasteiger partial charge in [-0.3, -0.25) is 0 Å². The molecule has 1 rings (SSSR count). The van der Waals surface area contributed by atoms with E-state index in [1.54, 1.807) is 0 Å². The standard InChI is InChI=1S/C10H15NO/c1-8-4-3-5-9(2)10(8)11-6-7-12/h3-5,11-12H,6-7H2,1-2H3. The normalized spacial score (nSPS) is 9.92. The summed E-state index contributed by atoms with van der Waals surface area (Å²) in [5, 5.41) is 11.8. The summed E-state index contributed by atoms with van der Waals surface area (Å²) < 4.78 is 0. The Hall–Kier alpha value is -1.02. The van der Waals surface area contributed by atoms with E-state index in [4.69, 9.17) is 5.11 Å². The molecule has 0 amide bonds. The van der Waals surface area contributed by atoms with Gasteiger partial charge in [-0.05, 0) is 25.0 Å². The van der Waals surface area contributed by atoms with Gasteiger partial charge in [-0.2, -0.15) is 0 Å². The van der Waals surface area contributed by atoms with Gasteiger partial charge in [-0.1, -0.05) is 18.2 Å². The van der Waals surface area contributed by atoms with Crippen molar-refractivity contribution in [3.05, 3.63) is 29.3 Å². The maximum Gasteiger partial charge on any atom is 0.0604 e. The van der Waals surface area contributed by atoms with Crippen molar-refractivity contribution in [1.29, 1.82) is 0 Å². The molecule has 12 heavy (non-hydrogen) atoms. The zero-order valence-electron chi connectivity index (χ0n) is 7.59. The molecule has 0 fully saturated rings. The first-order valence-corrected chi connectivity index (χ1v) is 4.16. The van der Waals surface area contributed by atoms with E-state index in [-0.39, 0.29) is 6.61 Å². The number of hydrogen-bond acceptors (Lipinski definition) is 2. The van der Waals surface area contributed by atoms with Crippen LogP contribution >= 0.6 is 0 Å². The molecule has 0 atom stereocenters. The minimum Gasteiger partial charge on any atom is -0.395 e. The molecule has 0 saturated heterocycles. The molecule has 2 N–H and O–H groups in total. The molecule has 0 aliphatic heterocycles. The highest BCUT2D eigenvalue weighted by Crippen LogP contribution is 2.18. The van der Waals surface area contributed by atoms with Gasteiger partial charge in [0.15, 0.2) is 0 Å². The second-order valence-electron chi connectivity index (χ2n) is 2.92. The molecule has 0 spiro atoms. The lowest BCUT2D eigenvalue weighted by Crippen LogP contribution is -2.07. The van der Waals surface area contributed by atoms with Crippen LogP contribution in [0.5, 0.6) is 0 Å². The van der Waals surface area contributed by atoms with Crippen LogP contribution in [0.4, 0.5) is 5.69 Å². The SMILES string of the molecule is Cc1cccc(C)c1NCCO. The fourth-order valence-electron chi connectivity index (χ4n) is 1.27. The number of para-hydroxylation sites is 1. The van der Waals surface area contributed by atoms with Gasteiger partial charge in [-0.25, -0.2) is 0 Å². The first kappa shape index (κ1) is 9.07. The van der Waals surface area contributed by atoms with Crippen LogP contribution in [0.15, 0.2) is 18.2 Å². The van der Waals surface area contributed by atoms with Gasteiger partial charge in [0.2, 0.25) is 0 Å². The van der Waals surface area contributed by atoms with Gasteiger partial charge in [0.1, 0.15) is 0 Å². The smallest absolute Gasteiger partial charge is 0.0604 e. The van der Waals surface area contributed by atoms with Crippen molar-refractivity contribution in [2.24, 2.45) is 0 Å². The van der Waals surface area contributed by atoms with Gasteiger partial charge in [0, 0.05) is 12.2 Å². The fraction of sp³-hybridized carbons (Fsp3) is 0.400. The number of benzene rings is 1. The second-order valence-corrected chi connectivity index (χ2v) is 2.92. The van der Waals surface area contributed by atoms with Crippen molar-refractivity contribution < 1.29 is 5.11 Å². The molecule has 0 heterocycles. The average Bonchev–Trinajstić information content (AvgIpc) is 2.04. The minimum absolute atomic E-state index is 0.174. The predicted molar refractivity (Wildman–Crippen MR) is 51.5 cm³/mol. The van der Waals surface area contributed by atoms with E-state index in [9.17, 15) is 0 Å². The fourth-order valence-corrected chi connectivity index (χ4v) is 1.27. The van der Waals surface area contributed by atoms with Crippen LogP contribution in [0.2, 0.25) is 0 Å². The second kappa shape index (κ2) is 4.12. The molecule has 0 aliphatic rings. The quantitative estimate of drug-likeness (QED) is 0.714. The summed E-state index contributed by atoms with van der Waals surface area (Å²) in [7, 11) is 0. The zero-order chi connectivity index (χ0) is 8.97. The largest absolute Gasteiger partial charge is 0.395 e. The lowest BCUT2D eigenvalue weighted by Gasteiger charge is -2.10. The van der Waals surface area contributed by atoms with Crippen molar-refractivity contribution in [3.8, 4) is 0 Å². The Morgan fingerprint density at radius 2 is 1.83 bits per heavy atom. The highest BCUT2D eigenvalue weighted by atomic mass is 16.3. The number of anilines is 1. The van der Waals surface area contributed by atoms with Crippen LogP contribution in [-0.4, -0.2) is 18.3 Å². The predicted octanol–water partition coefficient (Wildman–Crippen LogP) is 1.71. The number of nitrogens with one attached hydrogen (secondary N) is 1. The summed E-state index contributed by atoms with van der Waals surface area (Å²) in [4.78, 5) is 0. The molecule has 0 radical (unpaired) electrons. The Balaban J connectivity index is 2.81. The van der Waals surface area contributed by atoms with Crippen LogP contribution in [0.1, 0.15) is 11.1 Å². The highest BCUT2D eigenvalue weighted by molar-refractivity contribution is 5.56. The van der Waals surface area contributed by atoms with Gasteiger partial charge in [0.05, 0.1) is 6.61 Å². The highest BCUT2D eigenvalue weighted by Gasteiger charge is 1.98. The Morgan fingerprint density at radius 1 is 1.25 bits per heavy atom. The van der Waals surface area contributed by atoms with E-state index in [0.717, 1.165) is 5.69 Å². The number of aliphatic hydroxyl groups excluding tert-OH is 1. The lowest BCUT2D eigenvalue weighted by atomic mass is 10.1. The number of aliphatic hydroxyl groups is 1. The molecule has 0 unspecified atom stereocenters. The number of aryl methyl sites for hydroxylation is 2. The summed E-state index contributed by atoms with van der Waals surface area (Å²) >= 11 is 0. The van der Waals surface area contributed by atoms with Crippen LogP contribution < -0.4 is 5.32 Å². The molecule has 1 aromatic rings. The third kappa shape index (κ3) is 1.98. The third-order valence-corrected chi connectivity index (χ3v) is 1.89. The van der Waals surface area contributed by atoms with Crippen molar-refractivity contribution >= 4 is 5.69 Å². The molecular formula is C10H15NO. The van der Waals surface area contributed by atoms with Crippen molar-refractivity contribution in [3.63, 3.8) is 0 Å². The number of hydrogen-bond donors (Lipinski definition) is 2. The number of rotatable bonds is 3. The zero-order valence-corrected chi connectivity index (χ0v) is 7.59. The van der Waals surface area contributed by atoms with Crippen molar-refractivity contribution in [2.45, 2.75) is 13.8 Å². The summed E-state index contributed by atoms with van der Waals surface area (Å²) in [6.45, 7) is 4.92. The molecule has 0 bridgehead atoms. The van der Waals surface area contributed by atoms with Crippen LogP contribution in [-0.2, 0) is 0 Å². The van der Waals surface area contributed by atoms with E-state index < -0.39 is 0 Å². The Kier molecular flexibility index (Phi) is 3.11. The summed E-state index contributed by atoms with van der Waals surface area (Å²) in [6, 6.07) is 6.16. The van der Waals surface area contributed by atoms with Gasteiger partial charge >= 0.3 is 0 Å². The summed E-state index contributed by atoms with van der Waals surface area (Å²) in [5.74, 6) is 0. The van der Waals surface area contributed by atoms with Crippen molar-refractivity contribution in [1.82, 2.24) is 0 Å². The minimum atomic E-state index is 0.174. The van der Waals surface area contributed by atoms with E-state index >= 15 is 0 Å². The third-order valence-electron chi connectivity index (χ3n) is 1.89. The summed E-state index contributed by atoms with van der Waals surface area (Å²) in [5.41, 5.74) is 3.60. The maximum atomic E-state index is 8.65. The van der Waals surface area contributed by atoms with E-state index in [0.29, 0.717) is 6.54 Å². The topological polar surface area (TPSA) is 32.3 Å². The molecule has 0 aliphatic carbocycles. The van der Waals surface area contributed by atoms with E-state index in [2.05, 4.69) is 31.3 Å². The van der Waals surface area contributed by atoms with Gasteiger partial charge in [-0.15, -0.1) is 0 Å². The van der Waals surface area contributed by atoms with Gasteiger partial charge in [0.25, 0.3) is 0 Å². The monoisotopic (exact) mass is 165 g/mol. The Morgan fingerprint density at radius 3 is 2.33 bits per heavy atom. The molecule has 2 heteroatoms. The summed E-state index contributed by atoms with van der Waals surface area (Å²) in [6.07, 6.45) is 0. The average molecular weight is 165 g/mol.